The van der Waals surface area contributed by atoms with Crippen molar-refractivity contribution in [2.75, 3.05) is 13.2 Å². The standard InChI is InChI=1S/C15H25N3O/c1-11(2)18-13(8-15(17-18)12-5-6-12)9-16-10-14-4-3-7-19-14/h8,11-12,14,16H,3-7,9-10H2,1-2H3/t14-/m1/s1. The zero-order chi connectivity index (χ0) is 13.2. The van der Waals surface area contributed by atoms with Gasteiger partial charge in [0.15, 0.2) is 0 Å². The molecule has 2 heterocycles. The molecule has 0 spiro atoms. The maximum absolute atomic E-state index is 5.64. The van der Waals surface area contributed by atoms with Crippen molar-refractivity contribution in [1.82, 2.24) is 15.1 Å². The molecule has 4 nitrogen and oxygen atoms in total. The van der Waals surface area contributed by atoms with Crippen LogP contribution in [0, 0.1) is 0 Å². The van der Waals surface area contributed by atoms with E-state index in [0.29, 0.717) is 12.1 Å². The van der Waals surface area contributed by atoms with Crippen molar-refractivity contribution in [3.8, 4) is 0 Å². The smallest absolute Gasteiger partial charge is 0.0700 e. The van der Waals surface area contributed by atoms with Gasteiger partial charge in [-0.3, -0.25) is 4.68 Å². The van der Waals surface area contributed by atoms with Crippen molar-refractivity contribution < 1.29 is 4.74 Å². The average molecular weight is 263 g/mol. The molecule has 1 aromatic rings. The number of nitrogens with one attached hydrogen (secondary N) is 1. The summed E-state index contributed by atoms with van der Waals surface area (Å²) in [4.78, 5) is 0. The van der Waals surface area contributed by atoms with Crippen LogP contribution in [0.25, 0.3) is 0 Å². The van der Waals surface area contributed by atoms with Gasteiger partial charge in [-0.1, -0.05) is 0 Å². The molecule has 0 radical (unpaired) electrons. The summed E-state index contributed by atoms with van der Waals surface area (Å²) in [5.41, 5.74) is 2.61. The van der Waals surface area contributed by atoms with E-state index in [1.807, 2.05) is 0 Å². The van der Waals surface area contributed by atoms with Gasteiger partial charge in [0.2, 0.25) is 0 Å². The van der Waals surface area contributed by atoms with Gasteiger partial charge in [-0.15, -0.1) is 0 Å². The molecule has 1 aliphatic heterocycles. The number of ether oxygens (including phenoxy) is 1. The Hall–Kier alpha value is -0.870. The van der Waals surface area contributed by atoms with Crippen molar-refractivity contribution >= 4 is 0 Å². The highest BCUT2D eigenvalue weighted by Crippen LogP contribution is 2.39. The van der Waals surface area contributed by atoms with Crippen LogP contribution in [0.3, 0.4) is 0 Å². The van der Waals surface area contributed by atoms with E-state index in [2.05, 4.69) is 29.9 Å². The number of aromatic nitrogens is 2. The van der Waals surface area contributed by atoms with Crippen LogP contribution in [0.1, 0.15) is 62.9 Å². The zero-order valence-corrected chi connectivity index (χ0v) is 12.1. The van der Waals surface area contributed by atoms with E-state index in [0.717, 1.165) is 25.6 Å². The largest absolute Gasteiger partial charge is 0.377 e. The van der Waals surface area contributed by atoms with Crippen LogP contribution in [-0.2, 0) is 11.3 Å². The fourth-order valence-corrected chi connectivity index (χ4v) is 2.78. The third-order valence-corrected chi connectivity index (χ3v) is 4.02. The van der Waals surface area contributed by atoms with Gasteiger partial charge >= 0.3 is 0 Å². The molecule has 19 heavy (non-hydrogen) atoms. The first-order chi connectivity index (χ1) is 9.24. The molecule has 0 amide bonds. The lowest BCUT2D eigenvalue weighted by molar-refractivity contribution is 0.109. The summed E-state index contributed by atoms with van der Waals surface area (Å²) >= 11 is 0. The van der Waals surface area contributed by atoms with Gasteiger partial charge in [0, 0.05) is 31.7 Å². The first kappa shape index (κ1) is 13.1. The van der Waals surface area contributed by atoms with E-state index in [4.69, 9.17) is 9.84 Å². The van der Waals surface area contributed by atoms with Crippen LogP contribution in [0.15, 0.2) is 6.07 Å². The lowest BCUT2D eigenvalue weighted by Gasteiger charge is -2.13. The normalized spacial score (nSPS) is 23.4. The highest BCUT2D eigenvalue weighted by molar-refractivity contribution is 5.19. The minimum absolute atomic E-state index is 0.415. The van der Waals surface area contributed by atoms with E-state index in [1.54, 1.807) is 0 Å². The third-order valence-electron chi connectivity index (χ3n) is 4.02. The van der Waals surface area contributed by atoms with Gasteiger partial charge in [0.1, 0.15) is 0 Å². The van der Waals surface area contributed by atoms with Crippen molar-refractivity contribution in [2.24, 2.45) is 0 Å². The van der Waals surface area contributed by atoms with Crippen LogP contribution in [0.5, 0.6) is 0 Å². The van der Waals surface area contributed by atoms with Gasteiger partial charge < -0.3 is 10.1 Å². The quantitative estimate of drug-likeness (QED) is 0.857. The second kappa shape index (κ2) is 5.63. The molecule has 2 fully saturated rings. The molecule has 0 aromatic carbocycles. The monoisotopic (exact) mass is 263 g/mol. The summed E-state index contributed by atoms with van der Waals surface area (Å²) in [6.45, 7) is 7.20. The van der Waals surface area contributed by atoms with Crippen LogP contribution in [0.4, 0.5) is 0 Å². The van der Waals surface area contributed by atoms with Crippen molar-refractivity contribution in [3.63, 3.8) is 0 Å². The first-order valence-electron chi connectivity index (χ1n) is 7.64. The van der Waals surface area contributed by atoms with E-state index in [1.165, 1.54) is 37.1 Å². The van der Waals surface area contributed by atoms with Crippen molar-refractivity contribution in [2.45, 2.75) is 64.1 Å². The van der Waals surface area contributed by atoms with E-state index >= 15 is 0 Å². The number of rotatable bonds is 6. The molecule has 1 saturated carbocycles. The highest BCUT2D eigenvalue weighted by atomic mass is 16.5. The Morgan fingerprint density at radius 2 is 2.26 bits per heavy atom. The van der Waals surface area contributed by atoms with Gasteiger partial charge in [-0.2, -0.15) is 5.10 Å². The lowest BCUT2D eigenvalue weighted by atomic mass is 10.2. The molecule has 4 heteroatoms. The van der Waals surface area contributed by atoms with Gasteiger partial charge in [0.05, 0.1) is 17.5 Å². The topological polar surface area (TPSA) is 39.1 Å². The predicted octanol–water partition coefficient (Wildman–Crippen LogP) is 2.61. The van der Waals surface area contributed by atoms with Gasteiger partial charge in [0.25, 0.3) is 0 Å². The van der Waals surface area contributed by atoms with Crippen molar-refractivity contribution in [3.05, 3.63) is 17.5 Å². The first-order valence-corrected chi connectivity index (χ1v) is 7.64. The molecule has 2 aliphatic rings. The Balaban J connectivity index is 1.58. The zero-order valence-electron chi connectivity index (χ0n) is 12.1. The maximum Gasteiger partial charge on any atom is 0.0700 e. The molecule has 3 rings (SSSR count). The Labute approximate surface area is 115 Å². The maximum atomic E-state index is 5.64. The van der Waals surface area contributed by atoms with Gasteiger partial charge in [-0.25, -0.2) is 0 Å². The summed E-state index contributed by atoms with van der Waals surface area (Å²) in [6, 6.07) is 2.73. The number of nitrogens with zero attached hydrogens (tertiary/aromatic N) is 2. The Kier molecular flexibility index (Phi) is 3.89. The minimum atomic E-state index is 0.415. The molecule has 1 aromatic heterocycles. The molecule has 1 N–H and O–H groups in total. The van der Waals surface area contributed by atoms with Crippen LogP contribution >= 0.6 is 0 Å². The molecular formula is C15H25N3O. The Morgan fingerprint density at radius 1 is 1.42 bits per heavy atom. The molecule has 0 bridgehead atoms. The summed E-state index contributed by atoms with van der Waals surface area (Å²) in [6.07, 6.45) is 5.46. The number of hydrogen-bond donors (Lipinski definition) is 1. The minimum Gasteiger partial charge on any atom is -0.377 e. The van der Waals surface area contributed by atoms with E-state index < -0.39 is 0 Å². The fourth-order valence-electron chi connectivity index (χ4n) is 2.78. The summed E-state index contributed by atoms with van der Waals surface area (Å²) in [5, 5.41) is 8.29. The lowest BCUT2D eigenvalue weighted by Crippen LogP contribution is -2.27. The number of hydrogen-bond acceptors (Lipinski definition) is 3. The Morgan fingerprint density at radius 3 is 2.89 bits per heavy atom. The summed E-state index contributed by atoms with van der Waals surface area (Å²) in [7, 11) is 0. The predicted molar refractivity (Wildman–Crippen MR) is 75.3 cm³/mol. The van der Waals surface area contributed by atoms with Crippen LogP contribution < -0.4 is 5.32 Å². The highest BCUT2D eigenvalue weighted by Gasteiger charge is 2.27. The Bertz CT molecular complexity index is 417. The average Bonchev–Trinajstić information content (AvgIpc) is 2.94. The van der Waals surface area contributed by atoms with Crippen molar-refractivity contribution in [1.29, 1.82) is 0 Å². The summed E-state index contributed by atoms with van der Waals surface area (Å²) < 4.78 is 7.81. The van der Waals surface area contributed by atoms with Crippen LogP contribution in [0.2, 0.25) is 0 Å². The van der Waals surface area contributed by atoms with Crippen LogP contribution in [-0.4, -0.2) is 29.0 Å². The molecule has 106 valence electrons. The fraction of sp³-hybridized carbons (Fsp3) is 0.800. The van der Waals surface area contributed by atoms with E-state index in [-0.39, 0.29) is 0 Å². The van der Waals surface area contributed by atoms with Gasteiger partial charge in [-0.05, 0) is 45.6 Å². The molecule has 0 unspecified atom stereocenters. The molecule has 1 saturated heterocycles. The second-order valence-electron chi connectivity index (χ2n) is 6.14. The molecule has 1 atom stereocenters. The molecule has 1 aliphatic carbocycles. The third kappa shape index (κ3) is 3.18. The second-order valence-corrected chi connectivity index (χ2v) is 6.14. The molecular weight excluding hydrogens is 238 g/mol. The SMILES string of the molecule is CC(C)n1nc(C2CC2)cc1CNC[C@H]1CCCO1. The summed E-state index contributed by atoms with van der Waals surface area (Å²) in [5.74, 6) is 0.733. The van der Waals surface area contributed by atoms with E-state index in [9.17, 15) is 0 Å².